The van der Waals surface area contributed by atoms with Crippen molar-refractivity contribution in [3.05, 3.63) is 26.6 Å². The molecule has 94 valence electrons. The monoisotopic (exact) mass is 355 g/mol. The summed E-state index contributed by atoms with van der Waals surface area (Å²) in [5.41, 5.74) is 0.429. The highest BCUT2D eigenvalue weighted by molar-refractivity contribution is 14.1. The molecule has 0 saturated carbocycles. The van der Waals surface area contributed by atoms with Crippen molar-refractivity contribution in [2.24, 2.45) is 0 Å². The van der Waals surface area contributed by atoms with Gasteiger partial charge in [-0.25, -0.2) is 8.78 Å². The first-order valence-electron chi connectivity index (χ1n) is 5.05. The molecule has 0 saturated heterocycles. The second-order valence-corrected chi connectivity index (χ2v) is 4.54. The molecule has 1 rings (SSSR count). The average molecular weight is 355 g/mol. The summed E-state index contributed by atoms with van der Waals surface area (Å²) in [6, 6.07) is 1.56. The smallest absolute Gasteiger partial charge is 0.310 e. The van der Waals surface area contributed by atoms with Crippen LogP contribution in [-0.2, 0) is 16.0 Å². The van der Waals surface area contributed by atoms with Gasteiger partial charge >= 0.3 is 5.97 Å². The van der Waals surface area contributed by atoms with Crippen LogP contribution in [0.4, 0.5) is 8.78 Å². The third-order valence-electron chi connectivity index (χ3n) is 2.11. The molecule has 0 N–H and O–H groups in total. The van der Waals surface area contributed by atoms with Crippen LogP contribution in [0, 0.1) is 10.5 Å². The highest BCUT2D eigenvalue weighted by Crippen LogP contribution is 2.24. The van der Waals surface area contributed by atoms with Crippen molar-refractivity contribution in [1.82, 2.24) is 4.98 Å². The van der Waals surface area contributed by atoms with Gasteiger partial charge in [0.2, 0.25) is 0 Å². The molecule has 0 bridgehead atoms. The molecule has 0 spiro atoms. The molecule has 0 aliphatic carbocycles. The van der Waals surface area contributed by atoms with Gasteiger partial charge in [-0.15, -0.1) is 0 Å². The number of aryl methyl sites for hydroxylation is 1. The summed E-state index contributed by atoms with van der Waals surface area (Å²) in [5.74, 6) is -0.518. The minimum Gasteiger partial charge on any atom is -0.466 e. The number of nitrogens with zero attached hydrogens (tertiary/aromatic N) is 1. The third-order valence-corrected chi connectivity index (χ3v) is 3.20. The lowest BCUT2D eigenvalue weighted by molar-refractivity contribution is -0.142. The van der Waals surface area contributed by atoms with Gasteiger partial charge in [0.05, 0.1) is 18.7 Å². The van der Waals surface area contributed by atoms with Gasteiger partial charge in [-0.1, -0.05) is 0 Å². The van der Waals surface area contributed by atoms with Gasteiger partial charge in [0.15, 0.2) is 0 Å². The number of rotatable bonds is 4. The molecule has 0 amide bonds. The maximum absolute atomic E-state index is 12.8. The van der Waals surface area contributed by atoms with Crippen molar-refractivity contribution in [3.63, 3.8) is 0 Å². The van der Waals surface area contributed by atoms with Crippen LogP contribution >= 0.6 is 22.6 Å². The molecule has 0 fully saturated rings. The summed E-state index contributed by atoms with van der Waals surface area (Å²) in [4.78, 5) is 15.1. The van der Waals surface area contributed by atoms with Crippen molar-refractivity contribution in [2.45, 2.75) is 26.7 Å². The summed E-state index contributed by atoms with van der Waals surface area (Å²) in [6.45, 7) is 3.56. The summed E-state index contributed by atoms with van der Waals surface area (Å²) in [6.07, 6.45) is -2.85. The number of esters is 1. The third kappa shape index (κ3) is 3.86. The number of carbonyl (C=O) groups excluding carboxylic acids is 1. The Kier molecular flexibility index (Phi) is 5.23. The predicted octanol–water partition coefficient (Wildman–Crippen LogP) is 3.04. The molecular weight excluding hydrogens is 343 g/mol. The quantitative estimate of drug-likeness (QED) is 0.616. The molecule has 1 heterocycles. The maximum Gasteiger partial charge on any atom is 0.310 e. The molecule has 0 radical (unpaired) electrons. The van der Waals surface area contributed by atoms with E-state index in [1.54, 1.807) is 19.9 Å². The van der Waals surface area contributed by atoms with Gasteiger partial charge in [0.1, 0.15) is 5.69 Å². The minimum absolute atomic E-state index is 0.170. The van der Waals surface area contributed by atoms with E-state index in [2.05, 4.69) is 4.98 Å². The predicted molar refractivity (Wildman–Crippen MR) is 67.0 cm³/mol. The summed E-state index contributed by atoms with van der Waals surface area (Å²) in [7, 11) is 0. The second kappa shape index (κ2) is 6.23. The van der Waals surface area contributed by atoms with E-state index in [-0.39, 0.29) is 24.3 Å². The van der Waals surface area contributed by atoms with Crippen LogP contribution in [0.25, 0.3) is 0 Å². The first-order chi connectivity index (χ1) is 7.95. The molecule has 0 aliphatic heterocycles. The van der Waals surface area contributed by atoms with E-state index in [1.165, 1.54) is 0 Å². The van der Waals surface area contributed by atoms with E-state index < -0.39 is 12.4 Å². The number of alkyl halides is 2. The molecule has 1 aromatic heterocycles. The summed E-state index contributed by atoms with van der Waals surface area (Å²) in [5, 5.41) is 0. The Hall–Kier alpha value is -0.790. The maximum atomic E-state index is 12.8. The van der Waals surface area contributed by atoms with Crippen LogP contribution in [0.15, 0.2) is 6.07 Å². The topological polar surface area (TPSA) is 39.2 Å². The lowest BCUT2D eigenvalue weighted by Gasteiger charge is -2.10. The standard InChI is InChI=1S/C11H12F2INO2/c1-3-17-9(16)5-7-4-8(14)6(2)15-10(7)11(12)13/h4,11H,3,5H2,1-2H3. The lowest BCUT2D eigenvalue weighted by atomic mass is 10.1. The second-order valence-electron chi connectivity index (χ2n) is 3.38. The van der Waals surface area contributed by atoms with Crippen molar-refractivity contribution >= 4 is 28.6 Å². The Labute approximate surface area is 112 Å². The molecule has 0 aliphatic rings. The van der Waals surface area contributed by atoms with E-state index in [9.17, 15) is 13.6 Å². The van der Waals surface area contributed by atoms with Gasteiger partial charge in [-0.2, -0.15) is 0 Å². The fourth-order valence-electron chi connectivity index (χ4n) is 1.34. The van der Waals surface area contributed by atoms with E-state index in [4.69, 9.17) is 4.74 Å². The average Bonchev–Trinajstić information content (AvgIpc) is 2.23. The molecule has 0 atom stereocenters. The zero-order chi connectivity index (χ0) is 13.0. The summed E-state index contributed by atoms with van der Waals surface area (Å²) < 4.78 is 31.0. The van der Waals surface area contributed by atoms with Crippen LogP contribution in [0.2, 0.25) is 0 Å². The molecule has 6 heteroatoms. The fourth-order valence-corrected chi connectivity index (χ4v) is 1.83. The van der Waals surface area contributed by atoms with Gasteiger partial charge in [0, 0.05) is 3.57 Å². The van der Waals surface area contributed by atoms with Crippen LogP contribution in [0.3, 0.4) is 0 Å². The highest BCUT2D eigenvalue weighted by atomic mass is 127. The number of aromatic nitrogens is 1. The number of carbonyl (C=O) groups is 1. The van der Waals surface area contributed by atoms with Crippen molar-refractivity contribution in [2.75, 3.05) is 6.61 Å². The number of ether oxygens (including phenoxy) is 1. The zero-order valence-electron chi connectivity index (χ0n) is 9.47. The van der Waals surface area contributed by atoms with Gasteiger partial charge in [-0.05, 0) is 48.1 Å². The van der Waals surface area contributed by atoms with Crippen molar-refractivity contribution in [3.8, 4) is 0 Å². The van der Waals surface area contributed by atoms with E-state index in [1.807, 2.05) is 22.6 Å². The Morgan fingerprint density at radius 1 is 1.59 bits per heavy atom. The van der Waals surface area contributed by atoms with E-state index in [0.29, 0.717) is 5.69 Å². The minimum atomic E-state index is -2.69. The van der Waals surface area contributed by atoms with E-state index in [0.717, 1.165) is 3.57 Å². The Morgan fingerprint density at radius 3 is 2.76 bits per heavy atom. The molecule has 3 nitrogen and oxygen atoms in total. The van der Waals surface area contributed by atoms with E-state index >= 15 is 0 Å². The highest BCUT2D eigenvalue weighted by Gasteiger charge is 2.19. The number of hydrogen-bond donors (Lipinski definition) is 0. The van der Waals surface area contributed by atoms with Gasteiger partial charge in [0.25, 0.3) is 6.43 Å². The molecule has 1 aromatic rings. The fraction of sp³-hybridized carbons (Fsp3) is 0.455. The zero-order valence-corrected chi connectivity index (χ0v) is 11.6. The molecule has 0 unspecified atom stereocenters. The SMILES string of the molecule is CCOC(=O)Cc1cc(I)c(C)nc1C(F)F. The van der Waals surface area contributed by atoms with Crippen LogP contribution in [0.5, 0.6) is 0 Å². The first kappa shape index (κ1) is 14.3. The normalized spacial score (nSPS) is 10.7. The van der Waals surface area contributed by atoms with Gasteiger partial charge in [-0.3, -0.25) is 9.78 Å². The number of hydrogen-bond acceptors (Lipinski definition) is 3. The van der Waals surface area contributed by atoms with Crippen LogP contribution in [-0.4, -0.2) is 17.6 Å². The first-order valence-corrected chi connectivity index (χ1v) is 6.13. The Morgan fingerprint density at radius 2 is 2.24 bits per heavy atom. The Balaban J connectivity index is 3.04. The Bertz CT molecular complexity index is 424. The van der Waals surface area contributed by atoms with Crippen LogP contribution < -0.4 is 0 Å². The largest absolute Gasteiger partial charge is 0.466 e. The summed E-state index contributed by atoms with van der Waals surface area (Å²) >= 11 is 2.00. The van der Waals surface area contributed by atoms with Crippen molar-refractivity contribution in [1.29, 1.82) is 0 Å². The molecule has 0 aromatic carbocycles. The lowest BCUT2D eigenvalue weighted by Crippen LogP contribution is -2.11. The number of pyridine rings is 1. The van der Waals surface area contributed by atoms with Gasteiger partial charge < -0.3 is 4.74 Å². The molecular formula is C11H12F2INO2. The number of halogens is 3. The van der Waals surface area contributed by atoms with Crippen molar-refractivity contribution < 1.29 is 18.3 Å². The molecule has 17 heavy (non-hydrogen) atoms. The van der Waals surface area contributed by atoms with Crippen LogP contribution in [0.1, 0.15) is 30.3 Å².